The number of nitro benzene ring substituents is 1. The van der Waals surface area contributed by atoms with Crippen molar-refractivity contribution < 1.29 is 14.5 Å². The number of benzene rings is 2. The third-order valence-corrected chi connectivity index (χ3v) is 4.21. The van der Waals surface area contributed by atoms with Crippen LogP contribution in [0.1, 0.15) is 5.56 Å². The van der Waals surface area contributed by atoms with Crippen molar-refractivity contribution in [2.24, 2.45) is 0 Å². The summed E-state index contributed by atoms with van der Waals surface area (Å²) in [5, 5.41) is 22.6. The van der Waals surface area contributed by atoms with Crippen molar-refractivity contribution in [2.75, 3.05) is 11.9 Å². The van der Waals surface area contributed by atoms with Crippen LogP contribution in [0, 0.1) is 21.4 Å². The van der Waals surface area contributed by atoms with E-state index in [-0.39, 0.29) is 28.6 Å². The van der Waals surface area contributed by atoms with Crippen LogP contribution in [0.15, 0.2) is 59.1 Å². The lowest BCUT2D eigenvalue weighted by Crippen LogP contribution is -2.14. The second-order valence-electron chi connectivity index (χ2n) is 5.33. The average molecular weight is 463 g/mol. The molecule has 0 radical (unpaired) electrons. The van der Waals surface area contributed by atoms with Crippen molar-refractivity contribution in [3.63, 3.8) is 0 Å². The van der Waals surface area contributed by atoms with Crippen LogP contribution in [0.2, 0.25) is 5.02 Å². The number of anilines is 1. The molecule has 0 aliphatic rings. The fourth-order valence-electron chi connectivity index (χ4n) is 2.12. The molecule has 9 heteroatoms. The van der Waals surface area contributed by atoms with E-state index in [1.807, 2.05) is 6.07 Å². The van der Waals surface area contributed by atoms with E-state index >= 15 is 0 Å². The van der Waals surface area contributed by atoms with Gasteiger partial charge in [0.15, 0.2) is 0 Å². The van der Waals surface area contributed by atoms with Crippen LogP contribution >= 0.6 is 27.5 Å². The summed E-state index contributed by atoms with van der Waals surface area (Å²) in [6.07, 6.45) is 2.95. The van der Waals surface area contributed by atoms with Gasteiger partial charge in [-0.05, 0) is 30.3 Å². The van der Waals surface area contributed by atoms with Crippen LogP contribution in [0.4, 0.5) is 11.4 Å². The SMILES string of the molecule is C=CCOc1ccc(Br)cc1C=C(C#N)C(=O)Nc1ccc([N+](=O)[O-])cc1Cl. The average Bonchev–Trinajstić information content (AvgIpc) is 2.66. The molecule has 0 unspecified atom stereocenters. The smallest absolute Gasteiger partial charge is 0.271 e. The van der Waals surface area contributed by atoms with Gasteiger partial charge in [0.25, 0.3) is 11.6 Å². The van der Waals surface area contributed by atoms with E-state index in [9.17, 15) is 20.2 Å². The number of nitrogens with zero attached hydrogens (tertiary/aromatic N) is 2. The van der Waals surface area contributed by atoms with Crippen molar-refractivity contribution in [3.8, 4) is 11.8 Å². The van der Waals surface area contributed by atoms with E-state index in [2.05, 4.69) is 27.8 Å². The highest BCUT2D eigenvalue weighted by molar-refractivity contribution is 9.10. The monoisotopic (exact) mass is 461 g/mol. The Kier molecular flexibility index (Phi) is 7.32. The highest BCUT2D eigenvalue weighted by Crippen LogP contribution is 2.28. The first-order chi connectivity index (χ1) is 13.3. The lowest BCUT2D eigenvalue weighted by atomic mass is 10.1. The summed E-state index contributed by atoms with van der Waals surface area (Å²) >= 11 is 9.31. The van der Waals surface area contributed by atoms with Crippen molar-refractivity contribution in [1.82, 2.24) is 0 Å². The second-order valence-corrected chi connectivity index (χ2v) is 6.65. The van der Waals surface area contributed by atoms with Gasteiger partial charge in [0.05, 0.1) is 15.6 Å². The van der Waals surface area contributed by atoms with Crippen LogP contribution in [0.25, 0.3) is 6.08 Å². The van der Waals surface area contributed by atoms with Gasteiger partial charge in [0.1, 0.15) is 24.0 Å². The fraction of sp³-hybridized carbons (Fsp3) is 0.0526. The number of nitrogens with one attached hydrogen (secondary N) is 1. The Morgan fingerprint density at radius 2 is 2.14 bits per heavy atom. The maximum absolute atomic E-state index is 12.5. The van der Waals surface area contributed by atoms with E-state index in [0.29, 0.717) is 11.3 Å². The van der Waals surface area contributed by atoms with E-state index in [0.717, 1.165) is 10.5 Å². The minimum atomic E-state index is -0.715. The minimum Gasteiger partial charge on any atom is -0.489 e. The molecule has 0 atom stereocenters. The predicted molar refractivity (Wildman–Crippen MR) is 110 cm³/mol. The van der Waals surface area contributed by atoms with Gasteiger partial charge in [-0.1, -0.05) is 40.2 Å². The van der Waals surface area contributed by atoms with Gasteiger partial charge in [0, 0.05) is 22.2 Å². The van der Waals surface area contributed by atoms with E-state index in [4.69, 9.17) is 16.3 Å². The number of non-ortho nitro benzene ring substituents is 1. The maximum Gasteiger partial charge on any atom is 0.271 e. The molecule has 142 valence electrons. The molecular weight excluding hydrogens is 450 g/mol. The number of hydrogen-bond donors (Lipinski definition) is 1. The Bertz CT molecular complexity index is 1010. The zero-order valence-electron chi connectivity index (χ0n) is 14.3. The van der Waals surface area contributed by atoms with Gasteiger partial charge in [-0.2, -0.15) is 5.26 Å². The quantitative estimate of drug-likeness (QED) is 0.202. The molecule has 1 N–H and O–H groups in total. The summed E-state index contributed by atoms with van der Waals surface area (Å²) in [5.41, 5.74) is 0.252. The molecule has 2 aromatic carbocycles. The van der Waals surface area contributed by atoms with Gasteiger partial charge in [0.2, 0.25) is 0 Å². The Morgan fingerprint density at radius 1 is 1.39 bits per heavy atom. The molecule has 0 aliphatic heterocycles. The number of nitriles is 1. The Labute approximate surface area is 174 Å². The highest BCUT2D eigenvalue weighted by atomic mass is 79.9. The predicted octanol–water partition coefficient (Wildman–Crippen LogP) is 5.12. The third kappa shape index (κ3) is 5.42. The Balaban J connectivity index is 2.31. The standard InChI is InChI=1S/C19H13BrClN3O4/c1-2-7-28-18-6-3-14(20)9-12(18)8-13(11-22)19(25)23-17-5-4-15(24(26)27)10-16(17)21/h2-6,8-10H,1,7H2,(H,23,25). The molecule has 2 rings (SSSR count). The van der Waals surface area contributed by atoms with E-state index in [1.165, 1.54) is 18.2 Å². The first kappa shape index (κ1) is 21.2. The first-order valence-corrected chi connectivity index (χ1v) is 8.93. The third-order valence-electron chi connectivity index (χ3n) is 3.41. The summed E-state index contributed by atoms with van der Waals surface area (Å²) in [6, 6.07) is 10.6. The number of amides is 1. The molecule has 2 aromatic rings. The number of nitro groups is 1. The van der Waals surface area contributed by atoms with Crippen molar-refractivity contribution >= 4 is 50.9 Å². The van der Waals surface area contributed by atoms with Gasteiger partial charge in [-0.25, -0.2) is 0 Å². The number of rotatable bonds is 7. The summed E-state index contributed by atoms with van der Waals surface area (Å²) in [5.74, 6) is -0.245. The highest BCUT2D eigenvalue weighted by Gasteiger charge is 2.15. The molecule has 0 heterocycles. The molecule has 28 heavy (non-hydrogen) atoms. The van der Waals surface area contributed by atoms with Gasteiger partial charge in [-0.3, -0.25) is 14.9 Å². The summed E-state index contributed by atoms with van der Waals surface area (Å²) in [7, 11) is 0. The van der Waals surface area contributed by atoms with Crippen molar-refractivity contribution in [2.45, 2.75) is 0 Å². The number of carbonyl (C=O) groups excluding carboxylic acids is 1. The topological polar surface area (TPSA) is 105 Å². The van der Waals surface area contributed by atoms with Crippen LogP contribution in [0.3, 0.4) is 0 Å². The van der Waals surface area contributed by atoms with Crippen molar-refractivity contribution in [3.05, 3.63) is 79.8 Å². The lowest BCUT2D eigenvalue weighted by molar-refractivity contribution is -0.384. The summed E-state index contributed by atoms with van der Waals surface area (Å²) < 4.78 is 6.27. The van der Waals surface area contributed by atoms with Crippen LogP contribution in [0.5, 0.6) is 5.75 Å². The lowest BCUT2D eigenvalue weighted by Gasteiger charge is -2.09. The molecular formula is C19H13BrClN3O4. The molecule has 7 nitrogen and oxygen atoms in total. The summed E-state index contributed by atoms with van der Waals surface area (Å²) in [6.45, 7) is 3.84. The van der Waals surface area contributed by atoms with E-state index < -0.39 is 10.8 Å². The number of halogens is 2. The van der Waals surface area contributed by atoms with Gasteiger partial charge < -0.3 is 10.1 Å². The number of ether oxygens (including phenoxy) is 1. The number of carbonyl (C=O) groups is 1. The van der Waals surface area contributed by atoms with Crippen LogP contribution < -0.4 is 10.1 Å². The maximum atomic E-state index is 12.5. The summed E-state index contributed by atoms with van der Waals surface area (Å²) in [4.78, 5) is 22.6. The largest absolute Gasteiger partial charge is 0.489 e. The number of hydrogen-bond acceptors (Lipinski definition) is 5. The first-order valence-electron chi connectivity index (χ1n) is 7.76. The van der Waals surface area contributed by atoms with Crippen LogP contribution in [-0.4, -0.2) is 17.4 Å². The molecule has 0 fully saturated rings. The molecule has 0 bridgehead atoms. The van der Waals surface area contributed by atoms with Crippen LogP contribution in [-0.2, 0) is 4.79 Å². The zero-order valence-corrected chi connectivity index (χ0v) is 16.7. The minimum absolute atomic E-state index is 0.0164. The Morgan fingerprint density at radius 3 is 2.75 bits per heavy atom. The molecule has 0 saturated heterocycles. The molecule has 1 amide bonds. The molecule has 0 spiro atoms. The molecule has 0 saturated carbocycles. The molecule has 0 aromatic heterocycles. The normalized spacial score (nSPS) is 10.7. The zero-order chi connectivity index (χ0) is 20.7. The van der Waals surface area contributed by atoms with Crippen molar-refractivity contribution in [1.29, 1.82) is 5.26 Å². The second kappa shape index (κ2) is 9.69. The fourth-order valence-corrected chi connectivity index (χ4v) is 2.73. The van der Waals surface area contributed by atoms with Gasteiger partial charge >= 0.3 is 0 Å². The van der Waals surface area contributed by atoms with Gasteiger partial charge in [-0.15, -0.1) is 0 Å². The Hall–Kier alpha value is -3.15. The van der Waals surface area contributed by atoms with E-state index in [1.54, 1.807) is 24.3 Å². The molecule has 0 aliphatic carbocycles.